The zero-order chi connectivity index (χ0) is 24.2. The molecule has 4 rings (SSSR count). The molecule has 3 N–H and O–H groups in total. The number of carbonyl (C=O) groups is 2. The number of carbonyl (C=O) groups excluding carboxylic acids is 1. The van der Waals surface area contributed by atoms with Crippen LogP contribution in [-0.2, 0) is 4.79 Å². The Hall–Kier alpha value is -4.53. The molecule has 4 aromatic rings. The summed E-state index contributed by atoms with van der Waals surface area (Å²) in [6.45, 7) is 0. The van der Waals surface area contributed by atoms with Crippen LogP contribution < -0.4 is 10.9 Å². The van der Waals surface area contributed by atoms with Crippen molar-refractivity contribution in [1.82, 2.24) is 15.1 Å². The molecule has 0 aliphatic carbocycles. The van der Waals surface area contributed by atoms with Gasteiger partial charge >= 0.3 is 5.97 Å². The van der Waals surface area contributed by atoms with Crippen molar-refractivity contribution in [3.63, 3.8) is 0 Å². The minimum Gasteiger partial charge on any atom is -0.481 e. The Kier molecular flexibility index (Phi) is 6.35. The highest BCUT2D eigenvalue weighted by Crippen LogP contribution is 2.24. The normalized spacial score (nSPS) is 11.7. The summed E-state index contributed by atoms with van der Waals surface area (Å²) in [5.74, 6) is -2.72. The summed E-state index contributed by atoms with van der Waals surface area (Å²) in [4.78, 5) is 36.5. The van der Waals surface area contributed by atoms with Gasteiger partial charge in [0, 0.05) is 6.07 Å². The number of halogens is 2. The second-order valence-corrected chi connectivity index (χ2v) is 7.58. The van der Waals surface area contributed by atoms with Crippen LogP contribution in [0.4, 0.5) is 8.78 Å². The number of nitrogens with one attached hydrogen (secondary N) is 2. The maximum atomic E-state index is 13.5. The van der Waals surface area contributed by atoms with Gasteiger partial charge in [-0.1, -0.05) is 42.5 Å². The predicted molar refractivity (Wildman–Crippen MR) is 121 cm³/mol. The van der Waals surface area contributed by atoms with Gasteiger partial charge in [-0.05, 0) is 47.0 Å². The van der Waals surface area contributed by atoms with Crippen molar-refractivity contribution in [1.29, 1.82) is 0 Å². The lowest BCUT2D eigenvalue weighted by atomic mass is 9.99. The maximum absolute atomic E-state index is 13.5. The smallest absolute Gasteiger partial charge is 0.305 e. The number of aromatic amines is 1. The van der Waals surface area contributed by atoms with Gasteiger partial charge in [0.15, 0.2) is 0 Å². The van der Waals surface area contributed by atoms with E-state index in [0.717, 1.165) is 27.9 Å². The van der Waals surface area contributed by atoms with Gasteiger partial charge in [0.2, 0.25) is 0 Å². The van der Waals surface area contributed by atoms with Crippen LogP contribution >= 0.6 is 0 Å². The van der Waals surface area contributed by atoms with Crippen LogP contribution in [0.3, 0.4) is 0 Å². The lowest BCUT2D eigenvalue weighted by molar-refractivity contribution is -0.137. The lowest BCUT2D eigenvalue weighted by Gasteiger charge is -2.17. The fraction of sp³-hybridized carbons (Fsp3) is 0.0800. The van der Waals surface area contributed by atoms with E-state index in [4.69, 9.17) is 0 Å². The number of carboxylic acid groups (broad SMARTS) is 1. The molecule has 9 heteroatoms. The van der Waals surface area contributed by atoms with Crippen LogP contribution in [0, 0.1) is 11.6 Å². The number of carboxylic acids is 1. The Morgan fingerprint density at radius 1 is 0.912 bits per heavy atom. The number of benzene rings is 3. The fourth-order valence-corrected chi connectivity index (χ4v) is 3.53. The van der Waals surface area contributed by atoms with Crippen molar-refractivity contribution in [2.45, 2.75) is 12.5 Å². The number of amides is 1. The van der Waals surface area contributed by atoms with Gasteiger partial charge in [-0.15, -0.1) is 0 Å². The zero-order valence-corrected chi connectivity index (χ0v) is 17.7. The topological polar surface area (TPSA) is 104 Å². The molecule has 3 aromatic carbocycles. The third kappa shape index (κ3) is 5.09. The SMILES string of the molecule is O=C(O)CC(NC(=O)c1cc(=O)n(-c2cccc(F)c2)[nH]1)c1ccc(-c2ccc(F)cc2)cc1. The third-order valence-corrected chi connectivity index (χ3v) is 5.21. The summed E-state index contributed by atoms with van der Waals surface area (Å²) in [7, 11) is 0. The Bertz CT molecular complexity index is 1390. The molecular weight excluding hydrogens is 444 g/mol. The summed E-state index contributed by atoms with van der Waals surface area (Å²) < 4.78 is 27.7. The molecule has 1 aromatic heterocycles. The molecule has 0 spiro atoms. The van der Waals surface area contributed by atoms with Gasteiger partial charge in [-0.2, -0.15) is 0 Å². The number of hydrogen-bond donors (Lipinski definition) is 3. The molecule has 7 nitrogen and oxygen atoms in total. The molecule has 34 heavy (non-hydrogen) atoms. The molecule has 0 saturated carbocycles. The first-order chi connectivity index (χ1) is 16.3. The molecule has 0 aliphatic rings. The van der Waals surface area contributed by atoms with Crippen LogP contribution in [0.1, 0.15) is 28.5 Å². The zero-order valence-electron chi connectivity index (χ0n) is 17.7. The van der Waals surface area contributed by atoms with E-state index in [-0.39, 0.29) is 17.2 Å². The van der Waals surface area contributed by atoms with Crippen molar-refractivity contribution < 1.29 is 23.5 Å². The molecule has 0 bridgehead atoms. The number of hydrogen-bond acceptors (Lipinski definition) is 3. The van der Waals surface area contributed by atoms with Crippen LogP contribution in [0.25, 0.3) is 16.8 Å². The van der Waals surface area contributed by atoms with Crippen molar-refractivity contribution in [3.8, 4) is 16.8 Å². The maximum Gasteiger partial charge on any atom is 0.305 e. The quantitative estimate of drug-likeness (QED) is 0.385. The summed E-state index contributed by atoms with van der Waals surface area (Å²) in [6, 6.07) is 18.2. The van der Waals surface area contributed by atoms with Crippen molar-refractivity contribution in [2.75, 3.05) is 0 Å². The number of H-pyrrole nitrogens is 1. The van der Waals surface area contributed by atoms with Crippen LogP contribution in [0.5, 0.6) is 0 Å². The second-order valence-electron chi connectivity index (χ2n) is 7.58. The summed E-state index contributed by atoms with van der Waals surface area (Å²) in [5.41, 5.74) is 1.64. The molecule has 0 saturated heterocycles. The standard InChI is InChI=1S/C25H19F2N3O4/c26-18-10-8-16(9-11-18)15-4-6-17(7-5-15)21(14-24(32)33)28-25(34)22-13-23(31)30(29-22)20-3-1-2-19(27)12-20/h1-13,21,29H,14H2,(H,28,34)(H,32,33). The highest BCUT2D eigenvalue weighted by molar-refractivity contribution is 5.92. The van der Waals surface area contributed by atoms with Crippen molar-refractivity contribution in [2.24, 2.45) is 0 Å². The Morgan fingerprint density at radius 3 is 2.18 bits per heavy atom. The van der Waals surface area contributed by atoms with Gasteiger partial charge in [0.05, 0.1) is 18.2 Å². The molecule has 1 heterocycles. The Balaban J connectivity index is 1.56. The van der Waals surface area contributed by atoms with Crippen LogP contribution in [-0.4, -0.2) is 26.8 Å². The highest BCUT2D eigenvalue weighted by atomic mass is 19.1. The third-order valence-electron chi connectivity index (χ3n) is 5.21. The van der Waals surface area contributed by atoms with E-state index in [1.54, 1.807) is 36.4 Å². The minimum atomic E-state index is -1.13. The number of aromatic nitrogens is 2. The van der Waals surface area contributed by atoms with Gasteiger partial charge in [-0.25, -0.2) is 13.5 Å². The number of aliphatic carboxylic acids is 1. The first-order valence-corrected chi connectivity index (χ1v) is 10.3. The first kappa shape index (κ1) is 22.7. The van der Waals surface area contributed by atoms with E-state index in [1.165, 1.54) is 30.3 Å². The summed E-state index contributed by atoms with van der Waals surface area (Å²) in [6.07, 6.45) is -0.392. The average Bonchev–Trinajstić information content (AvgIpc) is 3.21. The first-order valence-electron chi connectivity index (χ1n) is 10.3. The van der Waals surface area contributed by atoms with Gasteiger partial charge in [0.1, 0.15) is 17.3 Å². The Labute approximate surface area is 192 Å². The van der Waals surface area contributed by atoms with E-state index in [2.05, 4.69) is 10.4 Å². The predicted octanol–water partition coefficient (Wildman–Crippen LogP) is 4.06. The van der Waals surface area contributed by atoms with E-state index in [0.29, 0.717) is 5.56 Å². The highest BCUT2D eigenvalue weighted by Gasteiger charge is 2.21. The second kappa shape index (κ2) is 9.53. The Morgan fingerprint density at radius 2 is 1.56 bits per heavy atom. The molecule has 172 valence electrons. The summed E-state index contributed by atoms with van der Waals surface area (Å²) >= 11 is 0. The largest absolute Gasteiger partial charge is 0.481 e. The molecular formula is C25H19F2N3O4. The minimum absolute atomic E-state index is 0.104. The lowest BCUT2D eigenvalue weighted by Crippen LogP contribution is -2.30. The number of nitrogens with zero attached hydrogens (tertiary/aromatic N) is 1. The summed E-state index contributed by atoms with van der Waals surface area (Å²) in [5, 5.41) is 14.6. The van der Waals surface area contributed by atoms with Crippen molar-refractivity contribution in [3.05, 3.63) is 112 Å². The molecule has 0 aliphatic heterocycles. The fourth-order valence-electron chi connectivity index (χ4n) is 3.53. The van der Waals surface area contributed by atoms with E-state index in [1.807, 2.05) is 0 Å². The van der Waals surface area contributed by atoms with Crippen molar-refractivity contribution >= 4 is 11.9 Å². The molecule has 1 amide bonds. The molecule has 1 atom stereocenters. The van der Waals surface area contributed by atoms with Gasteiger partial charge in [0.25, 0.3) is 11.5 Å². The molecule has 0 radical (unpaired) electrons. The van der Waals surface area contributed by atoms with E-state index in [9.17, 15) is 28.3 Å². The van der Waals surface area contributed by atoms with Gasteiger partial charge < -0.3 is 10.4 Å². The monoisotopic (exact) mass is 463 g/mol. The average molecular weight is 463 g/mol. The number of rotatable bonds is 7. The molecule has 1 unspecified atom stereocenters. The van der Waals surface area contributed by atoms with Gasteiger partial charge in [-0.3, -0.25) is 19.5 Å². The van der Waals surface area contributed by atoms with Crippen LogP contribution in [0.15, 0.2) is 83.7 Å². The van der Waals surface area contributed by atoms with Crippen LogP contribution in [0.2, 0.25) is 0 Å². The van der Waals surface area contributed by atoms with E-state index >= 15 is 0 Å². The van der Waals surface area contributed by atoms with E-state index < -0.39 is 35.7 Å². The molecule has 0 fully saturated rings.